The molecule has 1 aliphatic rings. The third-order valence-electron chi connectivity index (χ3n) is 5.03. The highest BCUT2D eigenvalue weighted by molar-refractivity contribution is 6.32. The first-order valence-electron chi connectivity index (χ1n) is 10.6. The SMILES string of the molecule is C[C@@H]1COC(Nc2ccc3ncnc(Nc4ccc(OCc5cccc(F)n5)c(Cl)c4)c3c2)=N1. The first-order valence-corrected chi connectivity index (χ1v) is 10.9. The average Bonchev–Trinajstić information content (AvgIpc) is 3.23. The van der Waals surface area contributed by atoms with Gasteiger partial charge in [0.2, 0.25) is 5.95 Å². The van der Waals surface area contributed by atoms with E-state index in [-0.39, 0.29) is 12.6 Å². The summed E-state index contributed by atoms with van der Waals surface area (Å²) in [6.07, 6.45) is 1.49. The number of rotatable bonds is 6. The van der Waals surface area contributed by atoms with E-state index in [0.29, 0.717) is 34.9 Å². The highest BCUT2D eigenvalue weighted by Gasteiger charge is 2.15. The topological polar surface area (TPSA) is 93.5 Å². The normalized spacial score (nSPS) is 15.0. The van der Waals surface area contributed by atoms with Gasteiger partial charge in [0.25, 0.3) is 6.02 Å². The van der Waals surface area contributed by atoms with Crippen LogP contribution < -0.4 is 15.4 Å². The number of ether oxygens (including phenoxy) is 2. The second-order valence-corrected chi connectivity index (χ2v) is 8.09. The van der Waals surface area contributed by atoms with Crippen molar-refractivity contribution in [3.8, 4) is 5.75 Å². The summed E-state index contributed by atoms with van der Waals surface area (Å²) in [4.78, 5) is 16.9. The van der Waals surface area contributed by atoms with Crippen molar-refractivity contribution in [1.82, 2.24) is 15.0 Å². The fraction of sp³-hybridized carbons (Fsp3) is 0.167. The number of hydrogen-bond acceptors (Lipinski definition) is 8. The lowest BCUT2D eigenvalue weighted by atomic mass is 10.2. The van der Waals surface area contributed by atoms with Crippen LogP contribution in [0.25, 0.3) is 10.9 Å². The molecule has 8 nitrogen and oxygen atoms in total. The molecule has 0 bridgehead atoms. The predicted molar refractivity (Wildman–Crippen MR) is 129 cm³/mol. The average molecular weight is 479 g/mol. The molecular formula is C24H20ClFN6O2. The first-order chi connectivity index (χ1) is 16.5. The molecule has 4 aromatic rings. The third kappa shape index (κ3) is 4.99. The Morgan fingerprint density at radius 2 is 1.94 bits per heavy atom. The number of nitrogens with one attached hydrogen (secondary N) is 2. The lowest BCUT2D eigenvalue weighted by molar-refractivity contribution is 0.299. The molecule has 0 saturated heterocycles. The number of amidine groups is 1. The van der Waals surface area contributed by atoms with Gasteiger partial charge in [0.05, 0.1) is 22.3 Å². The van der Waals surface area contributed by atoms with Gasteiger partial charge in [0, 0.05) is 16.8 Å². The van der Waals surface area contributed by atoms with E-state index in [4.69, 9.17) is 21.1 Å². The quantitative estimate of drug-likeness (QED) is 0.362. The Labute approximate surface area is 199 Å². The van der Waals surface area contributed by atoms with Crippen LogP contribution in [0.15, 0.2) is 65.9 Å². The van der Waals surface area contributed by atoms with Crippen LogP contribution in [0.3, 0.4) is 0 Å². The van der Waals surface area contributed by atoms with Crippen LogP contribution in [0.1, 0.15) is 12.6 Å². The Balaban J connectivity index is 1.33. The maximum absolute atomic E-state index is 13.3. The Morgan fingerprint density at radius 3 is 2.74 bits per heavy atom. The van der Waals surface area contributed by atoms with Crippen LogP contribution in [0.4, 0.5) is 21.6 Å². The number of nitrogens with zero attached hydrogens (tertiary/aromatic N) is 4. The van der Waals surface area contributed by atoms with E-state index in [2.05, 4.69) is 30.6 Å². The molecular weight excluding hydrogens is 459 g/mol. The van der Waals surface area contributed by atoms with Crippen molar-refractivity contribution in [3.05, 3.63) is 77.6 Å². The first kappa shape index (κ1) is 21.8. The number of halogens is 2. The molecule has 2 aromatic heterocycles. The molecule has 1 aliphatic heterocycles. The zero-order valence-corrected chi connectivity index (χ0v) is 18.9. The number of hydrogen-bond donors (Lipinski definition) is 2. The standard InChI is InChI=1S/C24H20ClFN6O2/c1-14-11-34-24(29-14)32-15-5-7-20-18(9-15)23(28-13-27-20)31-16-6-8-21(19(25)10-16)33-12-17-3-2-4-22(26)30-17/h2-10,13-14H,11-12H2,1H3,(H,29,32)(H,27,28,31)/t14-/m1/s1. The van der Waals surface area contributed by atoms with Crippen LogP contribution in [0, 0.1) is 5.95 Å². The zero-order chi connectivity index (χ0) is 23.5. The van der Waals surface area contributed by atoms with Crippen molar-refractivity contribution < 1.29 is 13.9 Å². The van der Waals surface area contributed by atoms with E-state index in [9.17, 15) is 4.39 Å². The van der Waals surface area contributed by atoms with Crippen LogP contribution in [-0.2, 0) is 11.3 Å². The third-order valence-corrected chi connectivity index (χ3v) is 5.32. The molecule has 1 atom stereocenters. The van der Waals surface area contributed by atoms with E-state index in [1.54, 1.807) is 24.3 Å². The van der Waals surface area contributed by atoms with Gasteiger partial charge in [0.1, 0.15) is 31.1 Å². The molecule has 10 heteroatoms. The number of fused-ring (bicyclic) bond motifs is 1. The molecule has 0 saturated carbocycles. The Kier molecular flexibility index (Phi) is 6.09. The maximum atomic E-state index is 13.3. The molecule has 3 heterocycles. The molecule has 2 N–H and O–H groups in total. The Bertz CT molecular complexity index is 1380. The van der Waals surface area contributed by atoms with Crippen molar-refractivity contribution in [2.45, 2.75) is 19.6 Å². The van der Waals surface area contributed by atoms with E-state index in [1.165, 1.54) is 12.4 Å². The van der Waals surface area contributed by atoms with Gasteiger partial charge in [-0.05, 0) is 55.5 Å². The lowest BCUT2D eigenvalue weighted by Gasteiger charge is -2.12. The smallest absolute Gasteiger partial charge is 0.289 e. The molecule has 5 rings (SSSR count). The zero-order valence-electron chi connectivity index (χ0n) is 18.1. The Morgan fingerprint density at radius 1 is 1.09 bits per heavy atom. The number of anilines is 3. The van der Waals surface area contributed by atoms with Crippen LogP contribution in [0.5, 0.6) is 5.75 Å². The molecule has 172 valence electrons. The highest BCUT2D eigenvalue weighted by atomic mass is 35.5. The lowest BCUT2D eigenvalue weighted by Crippen LogP contribution is -2.11. The number of aliphatic imine (C=N–C) groups is 1. The summed E-state index contributed by atoms with van der Waals surface area (Å²) in [6.45, 7) is 2.65. The van der Waals surface area contributed by atoms with E-state index < -0.39 is 5.95 Å². The second-order valence-electron chi connectivity index (χ2n) is 7.68. The van der Waals surface area contributed by atoms with Crippen molar-refractivity contribution in [1.29, 1.82) is 0 Å². The molecule has 2 aromatic carbocycles. The van der Waals surface area contributed by atoms with Gasteiger partial charge in [-0.25, -0.2) is 19.9 Å². The molecule has 0 unspecified atom stereocenters. The summed E-state index contributed by atoms with van der Waals surface area (Å²) in [5.74, 6) is 0.523. The van der Waals surface area contributed by atoms with Crippen LogP contribution in [0.2, 0.25) is 5.02 Å². The number of aromatic nitrogens is 3. The number of pyridine rings is 1. The fourth-order valence-electron chi connectivity index (χ4n) is 3.41. The van der Waals surface area contributed by atoms with Gasteiger partial charge in [-0.2, -0.15) is 4.39 Å². The minimum Gasteiger partial charge on any atom is -0.486 e. The van der Waals surface area contributed by atoms with Crippen molar-refractivity contribution in [2.75, 3.05) is 17.2 Å². The maximum Gasteiger partial charge on any atom is 0.289 e. The molecule has 0 fully saturated rings. The van der Waals surface area contributed by atoms with E-state index >= 15 is 0 Å². The molecule has 0 radical (unpaired) electrons. The highest BCUT2D eigenvalue weighted by Crippen LogP contribution is 2.31. The van der Waals surface area contributed by atoms with Gasteiger partial charge < -0.3 is 20.1 Å². The molecule has 0 aliphatic carbocycles. The predicted octanol–water partition coefficient (Wildman–Crippen LogP) is 5.33. The van der Waals surface area contributed by atoms with Gasteiger partial charge in [-0.1, -0.05) is 17.7 Å². The van der Waals surface area contributed by atoms with Crippen molar-refractivity contribution >= 4 is 45.7 Å². The van der Waals surface area contributed by atoms with Gasteiger partial charge in [-0.15, -0.1) is 0 Å². The monoisotopic (exact) mass is 478 g/mol. The second kappa shape index (κ2) is 9.48. The molecule has 0 spiro atoms. The molecule has 0 amide bonds. The summed E-state index contributed by atoms with van der Waals surface area (Å²) in [5, 5.41) is 7.67. The van der Waals surface area contributed by atoms with E-state index in [0.717, 1.165) is 22.3 Å². The van der Waals surface area contributed by atoms with Crippen molar-refractivity contribution in [2.24, 2.45) is 4.99 Å². The van der Waals surface area contributed by atoms with Gasteiger partial charge >= 0.3 is 0 Å². The van der Waals surface area contributed by atoms with Gasteiger partial charge in [0.15, 0.2) is 0 Å². The minimum absolute atomic E-state index is 0.102. The van der Waals surface area contributed by atoms with E-state index in [1.807, 2.05) is 31.2 Å². The summed E-state index contributed by atoms with van der Waals surface area (Å²) < 4.78 is 24.5. The van der Waals surface area contributed by atoms with Crippen LogP contribution in [-0.4, -0.2) is 33.6 Å². The summed E-state index contributed by atoms with van der Waals surface area (Å²) in [5.41, 5.74) is 2.78. The minimum atomic E-state index is -0.555. The van der Waals surface area contributed by atoms with Crippen molar-refractivity contribution in [3.63, 3.8) is 0 Å². The fourth-order valence-corrected chi connectivity index (χ4v) is 3.65. The van der Waals surface area contributed by atoms with Crippen LogP contribution >= 0.6 is 11.6 Å². The summed E-state index contributed by atoms with van der Waals surface area (Å²) in [7, 11) is 0. The summed E-state index contributed by atoms with van der Waals surface area (Å²) in [6, 6.07) is 16.2. The Hall–Kier alpha value is -3.98. The largest absolute Gasteiger partial charge is 0.486 e. The van der Waals surface area contributed by atoms with Gasteiger partial charge in [-0.3, -0.25) is 0 Å². The number of benzene rings is 2. The molecule has 34 heavy (non-hydrogen) atoms. The summed E-state index contributed by atoms with van der Waals surface area (Å²) >= 11 is 6.41.